The first-order valence-corrected chi connectivity index (χ1v) is 9.77. The molecule has 0 atom stereocenters. The van der Waals surface area contributed by atoms with Crippen molar-refractivity contribution in [3.8, 4) is 0 Å². The van der Waals surface area contributed by atoms with E-state index >= 15 is 0 Å². The number of benzene rings is 1. The van der Waals surface area contributed by atoms with E-state index in [0.29, 0.717) is 5.92 Å². The molecule has 23 heavy (non-hydrogen) atoms. The molecule has 1 fully saturated rings. The third-order valence-corrected chi connectivity index (χ3v) is 5.45. The second-order valence-electron chi connectivity index (χ2n) is 6.66. The van der Waals surface area contributed by atoms with Crippen LogP contribution in [-0.2, 0) is 14.8 Å². The van der Waals surface area contributed by atoms with Crippen molar-refractivity contribution in [2.75, 3.05) is 0 Å². The highest BCUT2D eigenvalue weighted by Crippen LogP contribution is 2.32. The molecule has 0 aliphatic heterocycles. The van der Waals surface area contributed by atoms with Crippen LogP contribution in [0.15, 0.2) is 29.2 Å². The summed E-state index contributed by atoms with van der Waals surface area (Å²) in [6, 6.07) is 7.00. The normalized spacial score (nSPS) is 16.5. The van der Waals surface area contributed by atoms with E-state index in [2.05, 4.69) is 10.3 Å². The average Bonchev–Trinajstić information content (AvgIpc) is 2.53. The van der Waals surface area contributed by atoms with Gasteiger partial charge < -0.3 is 0 Å². The summed E-state index contributed by atoms with van der Waals surface area (Å²) in [4.78, 5) is 13.9. The number of amides is 1. The number of hydrogen-bond acceptors (Lipinski definition) is 3. The highest BCUT2D eigenvalue weighted by atomic mass is 32.2. The lowest BCUT2D eigenvalue weighted by molar-refractivity contribution is -0.122. The van der Waals surface area contributed by atoms with Gasteiger partial charge >= 0.3 is 0 Å². The van der Waals surface area contributed by atoms with Crippen LogP contribution in [0.1, 0.15) is 63.9 Å². The van der Waals surface area contributed by atoms with Crippen molar-refractivity contribution in [2.45, 2.75) is 63.2 Å². The van der Waals surface area contributed by atoms with Crippen LogP contribution in [0.5, 0.6) is 0 Å². The first kappa shape index (κ1) is 17.9. The van der Waals surface area contributed by atoms with E-state index in [1.165, 1.54) is 37.7 Å². The van der Waals surface area contributed by atoms with Gasteiger partial charge in [0.2, 0.25) is 5.91 Å². The minimum Gasteiger partial charge on any atom is -0.278 e. The van der Waals surface area contributed by atoms with Crippen LogP contribution < -0.4 is 10.3 Å². The summed E-state index contributed by atoms with van der Waals surface area (Å²) in [5, 5.41) is 0. The molecule has 0 bridgehead atoms. The van der Waals surface area contributed by atoms with Gasteiger partial charge in [0.25, 0.3) is 10.0 Å². The summed E-state index contributed by atoms with van der Waals surface area (Å²) in [6.07, 6.45) is 6.42. The topological polar surface area (TPSA) is 75.3 Å². The SMILES string of the molecule is CC(C)CC(=O)NNS(=O)(=O)c1ccc(C2CCCCC2)cc1. The minimum atomic E-state index is -3.72. The fourth-order valence-corrected chi connectivity index (χ4v) is 3.82. The molecule has 2 rings (SSSR count). The molecule has 1 aromatic rings. The van der Waals surface area contributed by atoms with Crippen molar-refractivity contribution < 1.29 is 13.2 Å². The molecule has 0 heterocycles. The van der Waals surface area contributed by atoms with Gasteiger partial charge in [-0.25, -0.2) is 8.42 Å². The molecular formula is C17H26N2O3S. The van der Waals surface area contributed by atoms with Crippen LogP contribution in [0.25, 0.3) is 0 Å². The summed E-state index contributed by atoms with van der Waals surface area (Å²) in [6.45, 7) is 3.80. The number of carbonyl (C=O) groups is 1. The summed E-state index contributed by atoms with van der Waals surface area (Å²) in [7, 11) is -3.72. The number of nitrogens with one attached hydrogen (secondary N) is 2. The molecule has 5 nitrogen and oxygen atoms in total. The molecule has 1 aliphatic carbocycles. The van der Waals surface area contributed by atoms with Gasteiger partial charge in [0.1, 0.15) is 0 Å². The third kappa shape index (κ3) is 5.32. The van der Waals surface area contributed by atoms with E-state index in [1.54, 1.807) is 12.1 Å². The van der Waals surface area contributed by atoms with Crippen molar-refractivity contribution in [1.29, 1.82) is 0 Å². The summed E-state index contributed by atoms with van der Waals surface area (Å²) in [5.74, 6) is 0.385. The van der Waals surface area contributed by atoms with E-state index < -0.39 is 10.0 Å². The van der Waals surface area contributed by atoms with E-state index in [-0.39, 0.29) is 23.1 Å². The van der Waals surface area contributed by atoms with Gasteiger partial charge in [-0.3, -0.25) is 10.2 Å². The molecule has 6 heteroatoms. The molecule has 0 saturated heterocycles. The largest absolute Gasteiger partial charge is 0.278 e. The predicted molar refractivity (Wildman–Crippen MR) is 90.2 cm³/mol. The van der Waals surface area contributed by atoms with Crippen LogP contribution in [0, 0.1) is 5.92 Å². The molecule has 1 amide bonds. The zero-order valence-corrected chi connectivity index (χ0v) is 14.7. The Morgan fingerprint density at radius 3 is 2.30 bits per heavy atom. The van der Waals surface area contributed by atoms with Crippen LogP contribution in [0.2, 0.25) is 0 Å². The van der Waals surface area contributed by atoms with Crippen LogP contribution in [-0.4, -0.2) is 14.3 Å². The van der Waals surface area contributed by atoms with Crippen LogP contribution in [0.3, 0.4) is 0 Å². The van der Waals surface area contributed by atoms with E-state index in [1.807, 2.05) is 26.0 Å². The minimum absolute atomic E-state index is 0.168. The molecule has 2 N–H and O–H groups in total. The second-order valence-corrected chi connectivity index (χ2v) is 8.34. The van der Waals surface area contributed by atoms with Gasteiger partial charge in [-0.15, -0.1) is 4.83 Å². The Labute approximate surface area is 138 Å². The number of rotatable bonds is 6. The van der Waals surface area contributed by atoms with Crippen LogP contribution >= 0.6 is 0 Å². The number of hydrogen-bond donors (Lipinski definition) is 2. The molecule has 0 radical (unpaired) electrons. The predicted octanol–water partition coefficient (Wildman–Crippen LogP) is 3.09. The maximum atomic E-state index is 12.2. The third-order valence-electron chi connectivity index (χ3n) is 4.19. The van der Waals surface area contributed by atoms with Crippen molar-refractivity contribution in [1.82, 2.24) is 10.3 Å². The van der Waals surface area contributed by atoms with Gasteiger partial charge in [0, 0.05) is 6.42 Å². The fourth-order valence-electron chi connectivity index (χ4n) is 2.96. The van der Waals surface area contributed by atoms with Gasteiger partial charge in [-0.1, -0.05) is 45.2 Å². The van der Waals surface area contributed by atoms with Gasteiger partial charge in [0.15, 0.2) is 0 Å². The highest BCUT2D eigenvalue weighted by Gasteiger charge is 2.18. The maximum Gasteiger partial charge on any atom is 0.257 e. The lowest BCUT2D eigenvalue weighted by Gasteiger charge is -2.22. The Bertz CT molecular complexity index is 618. The molecule has 1 aliphatic rings. The standard InChI is InChI=1S/C17H26N2O3S/c1-13(2)12-17(20)18-19-23(21,22)16-10-8-15(9-11-16)14-6-4-3-5-7-14/h8-11,13-14,19H,3-7,12H2,1-2H3,(H,18,20). The van der Waals surface area contributed by atoms with Gasteiger partial charge in [-0.05, 0) is 42.4 Å². The monoisotopic (exact) mass is 338 g/mol. The molecule has 1 aromatic carbocycles. The van der Waals surface area contributed by atoms with E-state index in [4.69, 9.17) is 0 Å². The molecule has 0 aromatic heterocycles. The molecule has 0 spiro atoms. The van der Waals surface area contributed by atoms with Gasteiger partial charge in [-0.2, -0.15) is 0 Å². The van der Waals surface area contributed by atoms with Crippen molar-refractivity contribution in [2.24, 2.45) is 5.92 Å². The quantitative estimate of drug-likeness (QED) is 0.783. The first-order valence-electron chi connectivity index (χ1n) is 8.29. The Kier molecular flexibility index (Phi) is 6.18. The van der Waals surface area contributed by atoms with Gasteiger partial charge in [0.05, 0.1) is 4.90 Å². The Balaban J connectivity index is 1.98. The zero-order chi connectivity index (χ0) is 16.9. The second kappa shape index (κ2) is 7.93. The van der Waals surface area contributed by atoms with Crippen molar-refractivity contribution in [3.63, 3.8) is 0 Å². The smallest absolute Gasteiger partial charge is 0.257 e. The molecule has 128 valence electrons. The average molecular weight is 338 g/mol. The number of carbonyl (C=O) groups excluding carboxylic acids is 1. The Hall–Kier alpha value is -1.40. The number of hydrazine groups is 1. The fraction of sp³-hybridized carbons (Fsp3) is 0.588. The Morgan fingerprint density at radius 1 is 1.13 bits per heavy atom. The maximum absolute atomic E-state index is 12.2. The molecular weight excluding hydrogens is 312 g/mol. The lowest BCUT2D eigenvalue weighted by Crippen LogP contribution is -2.41. The summed E-state index contributed by atoms with van der Waals surface area (Å²) < 4.78 is 24.4. The van der Waals surface area contributed by atoms with E-state index in [9.17, 15) is 13.2 Å². The zero-order valence-electron chi connectivity index (χ0n) is 13.8. The lowest BCUT2D eigenvalue weighted by atomic mass is 9.84. The Morgan fingerprint density at radius 2 is 1.74 bits per heavy atom. The molecule has 0 unspecified atom stereocenters. The van der Waals surface area contributed by atoms with Crippen molar-refractivity contribution >= 4 is 15.9 Å². The molecule has 1 saturated carbocycles. The van der Waals surface area contributed by atoms with Crippen LogP contribution in [0.4, 0.5) is 0 Å². The highest BCUT2D eigenvalue weighted by molar-refractivity contribution is 7.89. The summed E-state index contributed by atoms with van der Waals surface area (Å²) >= 11 is 0. The summed E-state index contributed by atoms with van der Waals surface area (Å²) in [5.41, 5.74) is 3.46. The van der Waals surface area contributed by atoms with E-state index in [0.717, 1.165) is 0 Å². The number of sulfonamides is 1. The van der Waals surface area contributed by atoms with Crippen molar-refractivity contribution in [3.05, 3.63) is 29.8 Å². The first-order chi connectivity index (χ1) is 10.9.